The second-order valence-corrected chi connectivity index (χ2v) is 6.84. The van der Waals surface area contributed by atoms with Crippen molar-refractivity contribution in [2.75, 3.05) is 0 Å². The van der Waals surface area contributed by atoms with E-state index in [1.54, 1.807) is 12.3 Å². The predicted molar refractivity (Wildman–Crippen MR) is 86.6 cm³/mol. The third-order valence-electron chi connectivity index (χ3n) is 3.42. The topological polar surface area (TPSA) is 155 Å². The van der Waals surface area contributed by atoms with Gasteiger partial charge in [0.15, 0.2) is 5.71 Å². The van der Waals surface area contributed by atoms with Crippen molar-refractivity contribution in [3.8, 4) is 0 Å². The van der Waals surface area contributed by atoms with Gasteiger partial charge in [-0.05, 0) is 20.8 Å². The molecule has 0 aliphatic carbocycles. The fraction of sp³-hybridized carbons (Fsp3) is 0.538. The van der Waals surface area contributed by atoms with E-state index in [1.165, 1.54) is 25.6 Å². The van der Waals surface area contributed by atoms with Crippen molar-refractivity contribution in [2.45, 2.75) is 44.0 Å². The highest BCUT2D eigenvalue weighted by Gasteiger charge is 2.39. The number of carbonyl (C=O) groups is 3. The summed E-state index contributed by atoms with van der Waals surface area (Å²) in [5.74, 6) is -2.21. The van der Waals surface area contributed by atoms with E-state index in [4.69, 9.17) is 15.7 Å². The highest BCUT2D eigenvalue weighted by atomic mass is 32.2. The van der Waals surface area contributed by atoms with Gasteiger partial charge in [0, 0.05) is 5.41 Å². The van der Waals surface area contributed by atoms with Gasteiger partial charge in [-0.2, -0.15) is 0 Å². The summed E-state index contributed by atoms with van der Waals surface area (Å²) in [6.07, 6.45) is 0. The molecule has 1 fully saturated rings. The lowest BCUT2D eigenvalue weighted by molar-refractivity contribution is -0.161. The summed E-state index contributed by atoms with van der Waals surface area (Å²) in [4.78, 5) is 40.0. The smallest absolute Gasteiger partial charge is 0.350 e. The number of aliphatic carboxylic acids is 1. The summed E-state index contributed by atoms with van der Waals surface area (Å²) in [5, 5.41) is 22.3. The first kappa shape index (κ1) is 18.1. The number of rotatable bonds is 6. The number of nitrogens with one attached hydrogen (secondary N) is 3. The molecule has 1 unspecified atom stereocenters. The second kappa shape index (κ2) is 6.69. The highest BCUT2D eigenvalue weighted by Crippen LogP contribution is 2.19. The third-order valence-corrected chi connectivity index (χ3v) is 4.20. The van der Waals surface area contributed by atoms with Gasteiger partial charge in [0.25, 0.3) is 5.91 Å². The Balaban J connectivity index is 2.18. The SMILES string of the molecule is C[C@@H]1NC(=O)[C@H]1NC(=O)/C(=N\OC(C)(C)C(=O)O)C1=CSC(N)N1. The fourth-order valence-corrected chi connectivity index (χ4v) is 2.48. The van der Waals surface area contributed by atoms with E-state index >= 15 is 0 Å². The average molecular weight is 357 g/mol. The van der Waals surface area contributed by atoms with Crippen LogP contribution < -0.4 is 21.7 Å². The minimum atomic E-state index is -1.62. The number of nitrogens with two attached hydrogens (primary N) is 1. The lowest BCUT2D eigenvalue weighted by Crippen LogP contribution is -2.68. The number of thioether (sulfide) groups is 1. The molecule has 11 heteroatoms. The Morgan fingerprint density at radius 1 is 1.46 bits per heavy atom. The molecule has 0 radical (unpaired) electrons. The van der Waals surface area contributed by atoms with Crippen molar-refractivity contribution >= 4 is 35.3 Å². The number of carboxylic acids is 1. The van der Waals surface area contributed by atoms with Crippen LogP contribution in [0.3, 0.4) is 0 Å². The predicted octanol–water partition coefficient (Wildman–Crippen LogP) is -1.35. The van der Waals surface area contributed by atoms with Crippen LogP contribution >= 0.6 is 11.8 Å². The lowest BCUT2D eigenvalue weighted by Gasteiger charge is -2.34. The Morgan fingerprint density at radius 3 is 2.58 bits per heavy atom. The van der Waals surface area contributed by atoms with E-state index in [9.17, 15) is 14.4 Å². The largest absolute Gasteiger partial charge is 0.478 e. The number of β-lactam (4-membered cyclic amide) rings is 1. The van der Waals surface area contributed by atoms with E-state index in [2.05, 4.69) is 21.1 Å². The van der Waals surface area contributed by atoms with Crippen molar-refractivity contribution < 1.29 is 24.3 Å². The first-order valence-electron chi connectivity index (χ1n) is 7.11. The normalized spacial score (nSPS) is 26.7. The molecule has 2 aliphatic rings. The maximum absolute atomic E-state index is 12.4. The van der Waals surface area contributed by atoms with Crippen LogP contribution in [0.2, 0.25) is 0 Å². The Labute approximate surface area is 142 Å². The molecule has 2 rings (SSSR count). The van der Waals surface area contributed by atoms with Crippen molar-refractivity contribution in [3.05, 3.63) is 11.1 Å². The van der Waals surface area contributed by atoms with Crippen LogP contribution in [0, 0.1) is 0 Å². The Morgan fingerprint density at radius 2 is 2.12 bits per heavy atom. The van der Waals surface area contributed by atoms with Crippen LogP contribution in [0.5, 0.6) is 0 Å². The maximum atomic E-state index is 12.4. The summed E-state index contributed by atoms with van der Waals surface area (Å²) in [6, 6.07) is -0.889. The molecule has 0 aromatic heterocycles. The standard InChI is InChI=1S/C13H19N5O5S/c1-5-7(9(19)15-5)17-10(20)8(6-4-24-12(14)16-6)18-23-13(2,3)11(21)22/h4-5,7,12,16H,14H2,1-3H3,(H,15,19)(H,17,20)(H,21,22)/b18-8-/t5-,7-,12?/m0/s1. The highest BCUT2D eigenvalue weighted by molar-refractivity contribution is 8.02. The summed E-state index contributed by atoms with van der Waals surface area (Å²) >= 11 is 1.22. The third kappa shape index (κ3) is 3.79. The number of hydrogen-bond acceptors (Lipinski definition) is 8. The zero-order valence-corrected chi connectivity index (χ0v) is 14.1. The van der Waals surface area contributed by atoms with Gasteiger partial charge in [-0.25, -0.2) is 4.79 Å². The number of oxime groups is 1. The number of carbonyl (C=O) groups excluding carboxylic acids is 2. The first-order chi connectivity index (χ1) is 11.1. The summed E-state index contributed by atoms with van der Waals surface area (Å²) < 4.78 is 0. The van der Waals surface area contributed by atoms with E-state index in [0.29, 0.717) is 5.70 Å². The van der Waals surface area contributed by atoms with Crippen molar-refractivity contribution in [1.82, 2.24) is 16.0 Å². The molecule has 2 aliphatic heterocycles. The summed E-state index contributed by atoms with van der Waals surface area (Å²) in [6.45, 7) is 4.34. The zero-order chi connectivity index (χ0) is 18.1. The van der Waals surface area contributed by atoms with Crippen LogP contribution in [0.25, 0.3) is 0 Å². The summed E-state index contributed by atoms with van der Waals surface area (Å²) in [7, 11) is 0. The van der Waals surface area contributed by atoms with E-state index in [1.807, 2.05) is 0 Å². The van der Waals surface area contributed by atoms with Gasteiger partial charge >= 0.3 is 5.97 Å². The number of carboxylic acid groups (broad SMARTS) is 1. The molecule has 132 valence electrons. The molecule has 6 N–H and O–H groups in total. The van der Waals surface area contributed by atoms with Gasteiger partial charge in [0.1, 0.15) is 11.5 Å². The minimum Gasteiger partial charge on any atom is -0.478 e. The molecule has 2 heterocycles. The van der Waals surface area contributed by atoms with Crippen LogP contribution in [0.4, 0.5) is 0 Å². The molecule has 0 aromatic rings. The number of amides is 2. The second-order valence-electron chi connectivity index (χ2n) is 5.83. The maximum Gasteiger partial charge on any atom is 0.350 e. The first-order valence-corrected chi connectivity index (χ1v) is 8.05. The number of nitrogens with zero attached hydrogens (tertiary/aromatic N) is 1. The monoisotopic (exact) mass is 357 g/mol. The van der Waals surface area contributed by atoms with Crippen molar-refractivity contribution in [3.63, 3.8) is 0 Å². The zero-order valence-electron chi connectivity index (χ0n) is 13.3. The van der Waals surface area contributed by atoms with Gasteiger partial charge in [0.2, 0.25) is 11.5 Å². The van der Waals surface area contributed by atoms with Crippen LogP contribution in [-0.4, -0.2) is 51.8 Å². The minimum absolute atomic E-state index is 0.184. The van der Waals surface area contributed by atoms with Gasteiger partial charge in [-0.3, -0.25) is 9.59 Å². The van der Waals surface area contributed by atoms with Gasteiger partial charge in [0.05, 0.1) is 11.7 Å². The van der Waals surface area contributed by atoms with Crippen molar-refractivity contribution in [2.24, 2.45) is 10.9 Å². The molecular weight excluding hydrogens is 338 g/mol. The van der Waals surface area contributed by atoms with Crippen molar-refractivity contribution in [1.29, 1.82) is 0 Å². The summed E-state index contributed by atoms with van der Waals surface area (Å²) in [5.41, 5.74) is 3.71. The van der Waals surface area contributed by atoms with Gasteiger partial charge in [-0.1, -0.05) is 16.9 Å². The Hall–Kier alpha value is -2.27. The quantitative estimate of drug-likeness (QED) is 0.222. The van der Waals surface area contributed by atoms with Crippen LogP contribution in [0.1, 0.15) is 20.8 Å². The molecule has 0 saturated carbocycles. The Kier molecular flexibility index (Phi) is 5.04. The van der Waals surface area contributed by atoms with Gasteiger partial charge < -0.3 is 31.6 Å². The van der Waals surface area contributed by atoms with E-state index in [0.717, 1.165) is 0 Å². The van der Waals surface area contributed by atoms with Crippen LogP contribution in [0.15, 0.2) is 16.3 Å². The van der Waals surface area contributed by atoms with Gasteiger partial charge in [-0.15, -0.1) is 0 Å². The molecule has 24 heavy (non-hydrogen) atoms. The molecule has 0 spiro atoms. The van der Waals surface area contributed by atoms with E-state index < -0.39 is 29.0 Å². The average Bonchev–Trinajstić information content (AvgIpc) is 2.91. The lowest BCUT2D eigenvalue weighted by atomic mass is 10.0. The Bertz CT molecular complexity index is 632. The molecular formula is C13H19N5O5S. The molecule has 1 saturated heterocycles. The molecule has 2 amide bonds. The molecule has 3 atom stereocenters. The molecule has 0 bridgehead atoms. The van der Waals surface area contributed by atoms with Crippen LogP contribution in [-0.2, 0) is 19.2 Å². The molecule has 10 nitrogen and oxygen atoms in total. The fourth-order valence-electron chi connectivity index (χ4n) is 1.83. The van der Waals surface area contributed by atoms with E-state index in [-0.39, 0.29) is 17.7 Å². The number of hydrogen-bond donors (Lipinski definition) is 5. The molecule has 0 aromatic carbocycles.